The van der Waals surface area contributed by atoms with Crippen molar-refractivity contribution >= 4 is 27.6 Å². The number of anilines is 1. The molecule has 0 saturated heterocycles. The van der Waals surface area contributed by atoms with Crippen LogP contribution >= 0.6 is 15.9 Å². The van der Waals surface area contributed by atoms with Crippen LogP contribution < -0.4 is 10.6 Å². The Balaban J connectivity index is 1.98. The minimum atomic E-state index is -0.218. The number of rotatable bonds is 3. The molecule has 0 unspecified atom stereocenters. The number of aryl methyl sites for hydroxylation is 1. The highest BCUT2D eigenvalue weighted by Crippen LogP contribution is 2.21. The lowest BCUT2D eigenvalue weighted by Crippen LogP contribution is -2.31. The second-order valence-corrected chi connectivity index (χ2v) is 5.57. The molecule has 4 heteroatoms. The van der Waals surface area contributed by atoms with Gasteiger partial charge in [-0.05, 0) is 47.5 Å². The normalized spacial score (nSPS) is 11.8. The maximum absolute atomic E-state index is 12.0. The van der Waals surface area contributed by atoms with Crippen LogP contribution in [0.2, 0.25) is 0 Å². The van der Waals surface area contributed by atoms with Crippen molar-refractivity contribution in [3.63, 3.8) is 0 Å². The third kappa shape index (κ3) is 3.84. The molecule has 3 nitrogen and oxygen atoms in total. The van der Waals surface area contributed by atoms with E-state index >= 15 is 0 Å². The summed E-state index contributed by atoms with van der Waals surface area (Å²) >= 11 is 3.40. The highest BCUT2D eigenvalue weighted by atomic mass is 79.9. The van der Waals surface area contributed by atoms with Crippen LogP contribution in [0, 0.1) is 6.92 Å². The van der Waals surface area contributed by atoms with Crippen molar-refractivity contribution in [1.29, 1.82) is 0 Å². The predicted octanol–water partition coefficient (Wildman–Crippen LogP) is 4.64. The van der Waals surface area contributed by atoms with E-state index in [2.05, 4.69) is 26.6 Å². The van der Waals surface area contributed by atoms with E-state index in [-0.39, 0.29) is 12.1 Å². The van der Waals surface area contributed by atoms with Gasteiger partial charge in [0.2, 0.25) is 0 Å². The van der Waals surface area contributed by atoms with Crippen LogP contribution in [-0.4, -0.2) is 6.03 Å². The molecular formula is C16H17BrN2O. The van der Waals surface area contributed by atoms with Crippen molar-refractivity contribution in [1.82, 2.24) is 5.32 Å². The summed E-state index contributed by atoms with van der Waals surface area (Å²) in [6.45, 7) is 4.01. The largest absolute Gasteiger partial charge is 0.331 e. The SMILES string of the molecule is Cc1ccc([C@@H](C)NC(=O)Nc2ccccc2Br)cc1. The molecule has 2 amide bonds. The Morgan fingerprint density at radius 2 is 1.75 bits per heavy atom. The second-order valence-electron chi connectivity index (χ2n) is 4.71. The van der Waals surface area contributed by atoms with Crippen LogP contribution in [-0.2, 0) is 0 Å². The van der Waals surface area contributed by atoms with Crippen LogP contribution in [0.25, 0.3) is 0 Å². The van der Waals surface area contributed by atoms with E-state index in [1.807, 2.05) is 62.4 Å². The summed E-state index contributed by atoms with van der Waals surface area (Å²) in [5, 5.41) is 5.75. The molecule has 0 aliphatic rings. The topological polar surface area (TPSA) is 41.1 Å². The molecule has 0 fully saturated rings. The van der Waals surface area contributed by atoms with Crippen molar-refractivity contribution in [2.45, 2.75) is 19.9 Å². The maximum Gasteiger partial charge on any atom is 0.319 e. The highest BCUT2D eigenvalue weighted by molar-refractivity contribution is 9.10. The van der Waals surface area contributed by atoms with Gasteiger partial charge in [-0.1, -0.05) is 42.0 Å². The smallest absolute Gasteiger partial charge is 0.319 e. The van der Waals surface area contributed by atoms with Crippen molar-refractivity contribution in [2.24, 2.45) is 0 Å². The molecule has 0 aromatic heterocycles. The highest BCUT2D eigenvalue weighted by Gasteiger charge is 2.10. The Morgan fingerprint density at radius 3 is 2.40 bits per heavy atom. The number of urea groups is 1. The summed E-state index contributed by atoms with van der Waals surface area (Å²) in [6.07, 6.45) is 0. The molecule has 20 heavy (non-hydrogen) atoms. The van der Waals surface area contributed by atoms with Gasteiger partial charge in [-0.15, -0.1) is 0 Å². The molecule has 0 bridgehead atoms. The number of benzene rings is 2. The average molecular weight is 333 g/mol. The fourth-order valence-corrected chi connectivity index (χ4v) is 2.24. The summed E-state index contributed by atoms with van der Waals surface area (Å²) in [7, 11) is 0. The zero-order chi connectivity index (χ0) is 14.5. The van der Waals surface area contributed by atoms with Crippen molar-refractivity contribution in [3.8, 4) is 0 Å². The van der Waals surface area contributed by atoms with Crippen molar-refractivity contribution in [3.05, 3.63) is 64.1 Å². The zero-order valence-corrected chi connectivity index (χ0v) is 13.1. The summed E-state index contributed by atoms with van der Waals surface area (Å²) < 4.78 is 0.859. The summed E-state index contributed by atoms with van der Waals surface area (Å²) in [5.74, 6) is 0. The third-order valence-corrected chi connectivity index (χ3v) is 3.74. The number of carbonyl (C=O) groups is 1. The van der Waals surface area contributed by atoms with Crippen LogP contribution in [0.4, 0.5) is 10.5 Å². The Morgan fingerprint density at radius 1 is 1.10 bits per heavy atom. The summed E-state index contributed by atoms with van der Waals surface area (Å²) in [4.78, 5) is 12.0. The number of halogens is 1. The van der Waals surface area contributed by atoms with Crippen molar-refractivity contribution < 1.29 is 4.79 Å². The number of hydrogen-bond acceptors (Lipinski definition) is 1. The lowest BCUT2D eigenvalue weighted by molar-refractivity contribution is 0.249. The number of carbonyl (C=O) groups excluding carboxylic acids is 1. The molecule has 0 radical (unpaired) electrons. The number of amides is 2. The molecule has 2 N–H and O–H groups in total. The number of para-hydroxylation sites is 1. The monoisotopic (exact) mass is 332 g/mol. The van der Waals surface area contributed by atoms with Crippen LogP contribution in [0.5, 0.6) is 0 Å². The molecule has 2 aromatic rings. The molecule has 0 aliphatic carbocycles. The first-order valence-corrected chi connectivity index (χ1v) is 7.24. The minimum Gasteiger partial charge on any atom is -0.331 e. The molecular weight excluding hydrogens is 316 g/mol. The summed E-state index contributed by atoms with van der Waals surface area (Å²) in [5.41, 5.74) is 3.04. The number of hydrogen-bond donors (Lipinski definition) is 2. The second kappa shape index (κ2) is 6.57. The van der Waals surface area contributed by atoms with Gasteiger partial charge >= 0.3 is 6.03 Å². The Bertz CT molecular complexity index is 596. The Labute approximate surface area is 127 Å². The quantitative estimate of drug-likeness (QED) is 0.844. The molecule has 2 rings (SSSR count). The van der Waals surface area contributed by atoms with Gasteiger partial charge < -0.3 is 10.6 Å². The van der Waals surface area contributed by atoms with Crippen molar-refractivity contribution in [2.75, 3.05) is 5.32 Å². The van der Waals surface area contributed by atoms with E-state index in [0.717, 1.165) is 15.7 Å². The molecule has 0 saturated carbocycles. The predicted molar refractivity (Wildman–Crippen MR) is 85.9 cm³/mol. The van der Waals surface area contributed by atoms with Gasteiger partial charge in [0.25, 0.3) is 0 Å². The standard InChI is InChI=1S/C16H17BrN2O/c1-11-7-9-13(10-8-11)12(2)18-16(20)19-15-6-4-3-5-14(15)17/h3-10,12H,1-2H3,(H2,18,19,20)/t12-/m1/s1. The molecule has 1 atom stereocenters. The first-order chi connectivity index (χ1) is 9.56. The first kappa shape index (κ1) is 14.6. The Kier molecular flexibility index (Phi) is 4.79. The van der Waals surface area contributed by atoms with Crippen LogP contribution in [0.3, 0.4) is 0 Å². The van der Waals surface area contributed by atoms with E-state index < -0.39 is 0 Å². The maximum atomic E-state index is 12.0. The van der Waals surface area contributed by atoms with E-state index in [1.165, 1.54) is 5.56 Å². The average Bonchev–Trinajstić information content (AvgIpc) is 2.42. The summed E-state index contributed by atoms with van der Waals surface area (Å²) in [6, 6.07) is 15.4. The fraction of sp³-hybridized carbons (Fsp3) is 0.188. The van der Waals surface area contributed by atoms with E-state index in [4.69, 9.17) is 0 Å². The van der Waals surface area contributed by atoms with E-state index in [1.54, 1.807) is 0 Å². The van der Waals surface area contributed by atoms with Gasteiger partial charge in [-0.2, -0.15) is 0 Å². The lowest BCUT2D eigenvalue weighted by atomic mass is 10.1. The van der Waals surface area contributed by atoms with Crippen LogP contribution in [0.15, 0.2) is 53.0 Å². The van der Waals surface area contributed by atoms with Crippen LogP contribution in [0.1, 0.15) is 24.1 Å². The molecule has 0 heterocycles. The molecule has 0 aliphatic heterocycles. The van der Waals surface area contributed by atoms with Gasteiger partial charge in [-0.25, -0.2) is 4.79 Å². The minimum absolute atomic E-state index is 0.0434. The third-order valence-electron chi connectivity index (χ3n) is 3.05. The van der Waals surface area contributed by atoms with Gasteiger partial charge in [0.15, 0.2) is 0 Å². The Hall–Kier alpha value is -1.81. The fourth-order valence-electron chi connectivity index (χ4n) is 1.86. The first-order valence-electron chi connectivity index (χ1n) is 6.45. The number of nitrogens with one attached hydrogen (secondary N) is 2. The van der Waals surface area contributed by atoms with Gasteiger partial charge in [0.1, 0.15) is 0 Å². The lowest BCUT2D eigenvalue weighted by Gasteiger charge is -2.15. The van der Waals surface area contributed by atoms with E-state index in [9.17, 15) is 4.79 Å². The molecule has 0 spiro atoms. The van der Waals surface area contributed by atoms with Gasteiger partial charge in [-0.3, -0.25) is 0 Å². The van der Waals surface area contributed by atoms with Gasteiger partial charge in [0.05, 0.1) is 11.7 Å². The zero-order valence-electron chi connectivity index (χ0n) is 11.5. The van der Waals surface area contributed by atoms with E-state index in [0.29, 0.717) is 0 Å². The molecule has 104 valence electrons. The van der Waals surface area contributed by atoms with Gasteiger partial charge in [0, 0.05) is 4.47 Å². The molecule has 2 aromatic carbocycles.